The van der Waals surface area contributed by atoms with Crippen LogP contribution in [0, 0.1) is 11.7 Å². The Bertz CT molecular complexity index is 661. The van der Waals surface area contributed by atoms with E-state index in [-0.39, 0.29) is 5.82 Å². The van der Waals surface area contributed by atoms with Gasteiger partial charge in [0, 0.05) is 13.1 Å². The maximum atomic E-state index is 13.8. The Labute approximate surface area is 129 Å². The largest absolute Gasteiger partial charge is 0.393 e. The average molecular weight is 301 g/mol. The molecule has 2 aromatic rings. The summed E-state index contributed by atoms with van der Waals surface area (Å²) in [5.41, 5.74) is 7.02. The molecule has 1 aromatic carbocycles. The van der Waals surface area contributed by atoms with Crippen LogP contribution in [0.3, 0.4) is 0 Å². The van der Waals surface area contributed by atoms with Crippen LogP contribution in [-0.2, 0) is 0 Å². The van der Waals surface area contributed by atoms with Crippen LogP contribution in [0.1, 0.15) is 19.8 Å². The molecular formula is C16H20FN5. The Kier molecular flexibility index (Phi) is 4.09. The van der Waals surface area contributed by atoms with Gasteiger partial charge in [-0.25, -0.2) is 14.4 Å². The molecule has 2 heterocycles. The van der Waals surface area contributed by atoms with Gasteiger partial charge in [0.1, 0.15) is 17.8 Å². The molecule has 0 spiro atoms. The molecule has 1 fully saturated rings. The van der Waals surface area contributed by atoms with Gasteiger partial charge in [-0.05, 0) is 30.9 Å². The third kappa shape index (κ3) is 2.95. The van der Waals surface area contributed by atoms with Gasteiger partial charge in [0.25, 0.3) is 0 Å². The average Bonchev–Trinajstić information content (AvgIpc) is 2.51. The lowest BCUT2D eigenvalue weighted by atomic mass is 10.0. The Morgan fingerprint density at radius 2 is 2.14 bits per heavy atom. The van der Waals surface area contributed by atoms with Crippen LogP contribution < -0.4 is 16.0 Å². The van der Waals surface area contributed by atoms with Crippen LogP contribution in [0.5, 0.6) is 0 Å². The lowest BCUT2D eigenvalue weighted by molar-refractivity contribution is 0.445. The number of hydrogen-bond donors (Lipinski definition) is 2. The minimum Gasteiger partial charge on any atom is -0.393 e. The van der Waals surface area contributed by atoms with Gasteiger partial charge >= 0.3 is 0 Å². The predicted octanol–water partition coefficient (Wildman–Crippen LogP) is 3.18. The summed E-state index contributed by atoms with van der Waals surface area (Å²) in [5.74, 6) is 1.44. The molecule has 22 heavy (non-hydrogen) atoms. The lowest BCUT2D eigenvalue weighted by Gasteiger charge is -2.32. The molecule has 6 heteroatoms. The fourth-order valence-corrected chi connectivity index (χ4v) is 2.81. The number of para-hydroxylation sites is 1. The van der Waals surface area contributed by atoms with Gasteiger partial charge in [-0.1, -0.05) is 19.1 Å². The van der Waals surface area contributed by atoms with Gasteiger partial charge in [0.15, 0.2) is 11.6 Å². The first-order valence-corrected chi connectivity index (χ1v) is 7.52. The molecule has 1 saturated heterocycles. The van der Waals surface area contributed by atoms with Crippen molar-refractivity contribution >= 4 is 23.0 Å². The van der Waals surface area contributed by atoms with Gasteiger partial charge in [-0.15, -0.1) is 0 Å². The summed E-state index contributed by atoms with van der Waals surface area (Å²) in [7, 11) is 0. The van der Waals surface area contributed by atoms with E-state index in [0.717, 1.165) is 25.3 Å². The molecule has 0 bridgehead atoms. The quantitative estimate of drug-likeness (QED) is 0.911. The van der Waals surface area contributed by atoms with E-state index in [4.69, 9.17) is 5.73 Å². The molecule has 1 aromatic heterocycles. The standard InChI is InChI=1S/C16H20FN5/c1-11-5-4-8-22(9-11)16-14(18)15(19-10-20-16)21-13-7-3-2-6-12(13)17/h2-3,6-7,10-11H,4-5,8-9,18H2,1H3,(H,19,20,21). The molecule has 3 N–H and O–H groups in total. The Balaban J connectivity index is 1.87. The number of nitrogens with zero attached hydrogens (tertiary/aromatic N) is 3. The summed E-state index contributed by atoms with van der Waals surface area (Å²) in [5, 5.41) is 2.95. The molecule has 116 valence electrons. The highest BCUT2D eigenvalue weighted by atomic mass is 19.1. The number of piperidine rings is 1. The van der Waals surface area contributed by atoms with Crippen LogP contribution in [0.2, 0.25) is 0 Å². The van der Waals surface area contributed by atoms with E-state index >= 15 is 0 Å². The molecule has 1 aliphatic rings. The lowest BCUT2D eigenvalue weighted by Crippen LogP contribution is -2.35. The molecule has 1 unspecified atom stereocenters. The number of nitrogens with two attached hydrogens (primary N) is 1. The number of rotatable bonds is 3. The van der Waals surface area contributed by atoms with Gasteiger partial charge in [-0.3, -0.25) is 0 Å². The predicted molar refractivity (Wildman–Crippen MR) is 86.7 cm³/mol. The molecule has 1 aliphatic heterocycles. The zero-order valence-corrected chi connectivity index (χ0v) is 12.6. The van der Waals surface area contributed by atoms with E-state index in [9.17, 15) is 4.39 Å². The van der Waals surface area contributed by atoms with E-state index in [1.54, 1.807) is 18.2 Å². The zero-order chi connectivity index (χ0) is 15.5. The molecular weight excluding hydrogens is 281 g/mol. The summed E-state index contributed by atoms with van der Waals surface area (Å²) >= 11 is 0. The minimum absolute atomic E-state index is 0.339. The van der Waals surface area contributed by atoms with Crippen LogP contribution in [0.25, 0.3) is 0 Å². The number of aromatic nitrogens is 2. The molecule has 3 rings (SSSR count). The second-order valence-corrected chi connectivity index (χ2v) is 5.76. The van der Waals surface area contributed by atoms with Crippen molar-refractivity contribution < 1.29 is 4.39 Å². The van der Waals surface area contributed by atoms with Crippen molar-refractivity contribution in [3.05, 3.63) is 36.4 Å². The number of anilines is 4. The fourth-order valence-electron chi connectivity index (χ4n) is 2.81. The molecule has 0 radical (unpaired) electrons. The highest BCUT2D eigenvalue weighted by Crippen LogP contribution is 2.31. The van der Waals surface area contributed by atoms with Crippen molar-refractivity contribution in [1.82, 2.24) is 9.97 Å². The first-order chi connectivity index (χ1) is 10.6. The van der Waals surface area contributed by atoms with E-state index < -0.39 is 0 Å². The molecule has 5 nitrogen and oxygen atoms in total. The summed E-state index contributed by atoms with van der Waals surface area (Å²) in [4.78, 5) is 10.6. The van der Waals surface area contributed by atoms with Gasteiger partial charge in [0.05, 0.1) is 5.69 Å². The smallest absolute Gasteiger partial charge is 0.159 e. The number of halogens is 1. The Hall–Kier alpha value is -2.37. The van der Waals surface area contributed by atoms with Crippen LogP contribution >= 0.6 is 0 Å². The molecule has 0 aliphatic carbocycles. The Morgan fingerprint density at radius 3 is 2.91 bits per heavy atom. The monoisotopic (exact) mass is 301 g/mol. The highest BCUT2D eigenvalue weighted by molar-refractivity contribution is 5.78. The molecule has 1 atom stereocenters. The number of nitrogens with one attached hydrogen (secondary N) is 1. The fraction of sp³-hybridized carbons (Fsp3) is 0.375. The van der Waals surface area contributed by atoms with Crippen molar-refractivity contribution in [2.24, 2.45) is 5.92 Å². The van der Waals surface area contributed by atoms with E-state index in [1.165, 1.54) is 18.8 Å². The number of hydrogen-bond acceptors (Lipinski definition) is 5. The van der Waals surface area contributed by atoms with Crippen molar-refractivity contribution in [1.29, 1.82) is 0 Å². The van der Waals surface area contributed by atoms with Crippen LogP contribution in [0.15, 0.2) is 30.6 Å². The number of benzene rings is 1. The summed E-state index contributed by atoms with van der Waals surface area (Å²) in [6.07, 6.45) is 3.82. The topological polar surface area (TPSA) is 67.1 Å². The minimum atomic E-state index is -0.339. The van der Waals surface area contributed by atoms with Gasteiger partial charge < -0.3 is 16.0 Å². The van der Waals surface area contributed by atoms with Crippen molar-refractivity contribution in [2.45, 2.75) is 19.8 Å². The van der Waals surface area contributed by atoms with Gasteiger partial charge in [-0.2, -0.15) is 0 Å². The second-order valence-electron chi connectivity index (χ2n) is 5.76. The van der Waals surface area contributed by atoms with Crippen molar-refractivity contribution in [2.75, 3.05) is 29.0 Å². The van der Waals surface area contributed by atoms with Crippen LogP contribution in [0.4, 0.5) is 27.4 Å². The third-order valence-electron chi connectivity index (χ3n) is 3.95. The van der Waals surface area contributed by atoms with E-state index in [0.29, 0.717) is 23.1 Å². The van der Waals surface area contributed by atoms with Gasteiger partial charge in [0.2, 0.25) is 0 Å². The summed E-state index contributed by atoms with van der Waals surface area (Å²) in [6.45, 7) is 4.09. The van der Waals surface area contributed by atoms with E-state index in [2.05, 4.69) is 27.1 Å². The van der Waals surface area contributed by atoms with Crippen LogP contribution in [-0.4, -0.2) is 23.1 Å². The zero-order valence-electron chi connectivity index (χ0n) is 12.6. The Morgan fingerprint density at radius 1 is 1.32 bits per heavy atom. The van der Waals surface area contributed by atoms with Crippen molar-refractivity contribution in [3.63, 3.8) is 0 Å². The maximum absolute atomic E-state index is 13.8. The molecule has 0 saturated carbocycles. The first-order valence-electron chi connectivity index (χ1n) is 7.52. The third-order valence-corrected chi connectivity index (χ3v) is 3.95. The number of nitrogen functional groups attached to an aromatic ring is 1. The summed E-state index contributed by atoms with van der Waals surface area (Å²) < 4.78 is 13.8. The summed E-state index contributed by atoms with van der Waals surface area (Å²) in [6, 6.07) is 6.45. The maximum Gasteiger partial charge on any atom is 0.159 e. The second kappa shape index (κ2) is 6.17. The first kappa shape index (κ1) is 14.6. The molecule has 0 amide bonds. The SMILES string of the molecule is CC1CCCN(c2ncnc(Nc3ccccc3F)c2N)C1. The highest BCUT2D eigenvalue weighted by Gasteiger charge is 2.21. The van der Waals surface area contributed by atoms with Crippen molar-refractivity contribution in [3.8, 4) is 0 Å². The normalized spacial score (nSPS) is 18.3. The van der Waals surface area contributed by atoms with E-state index in [1.807, 2.05) is 0 Å².